The highest BCUT2D eigenvalue weighted by Gasteiger charge is 2.31. The zero-order chi connectivity index (χ0) is 14.6. The molecular weight excluding hydrogens is 250 g/mol. The number of rotatable bonds is 2. The van der Waals surface area contributed by atoms with Gasteiger partial charge in [0.2, 0.25) is 0 Å². The number of carbonyl (C=O) groups is 1. The van der Waals surface area contributed by atoms with Gasteiger partial charge in [0.15, 0.2) is 0 Å². The van der Waals surface area contributed by atoms with Crippen molar-refractivity contribution in [1.82, 2.24) is 10.3 Å². The lowest BCUT2D eigenvalue weighted by Crippen LogP contribution is -2.34. The summed E-state index contributed by atoms with van der Waals surface area (Å²) in [6, 6.07) is 3.76. The highest BCUT2D eigenvalue weighted by molar-refractivity contribution is 5.92. The fraction of sp³-hybridized carbons (Fsp3) is 0.500. The summed E-state index contributed by atoms with van der Waals surface area (Å²) >= 11 is 0. The third kappa shape index (κ3) is 3.82. The maximum absolute atomic E-state index is 12.1. The second-order valence-corrected chi connectivity index (χ2v) is 6.02. The molecule has 1 aliphatic rings. The van der Waals surface area contributed by atoms with Gasteiger partial charge >= 0.3 is 0 Å². The van der Waals surface area contributed by atoms with Gasteiger partial charge in [-0.3, -0.25) is 4.79 Å². The van der Waals surface area contributed by atoms with Crippen LogP contribution < -0.4 is 11.1 Å². The molecule has 1 fully saturated rings. The van der Waals surface area contributed by atoms with Crippen molar-refractivity contribution >= 4 is 5.91 Å². The molecule has 1 aromatic heterocycles. The van der Waals surface area contributed by atoms with E-state index in [2.05, 4.69) is 36.0 Å². The molecule has 0 aliphatic heterocycles. The monoisotopic (exact) mass is 271 g/mol. The van der Waals surface area contributed by atoms with Gasteiger partial charge in [-0.15, -0.1) is 0 Å². The summed E-state index contributed by atoms with van der Waals surface area (Å²) < 4.78 is 0. The molecule has 1 heterocycles. The lowest BCUT2D eigenvalue weighted by atomic mass is 9.92. The Labute approximate surface area is 120 Å². The first-order valence-corrected chi connectivity index (χ1v) is 6.96. The van der Waals surface area contributed by atoms with Gasteiger partial charge < -0.3 is 11.1 Å². The van der Waals surface area contributed by atoms with Crippen LogP contribution in [0.15, 0.2) is 18.3 Å². The van der Waals surface area contributed by atoms with Gasteiger partial charge in [-0.25, -0.2) is 4.98 Å². The quantitative estimate of drug-likeness (QED) is 0.804. The Morgan fingerprint density at radius 2 is 2.35 bits per heavy atom. The van der Waals surface area contributed by atoms with Crippen LogP contribution in [0.3, 0.4) is 0 Å². The van der Waals surface area contributed by atoms with Crippen LogP contribution >= 0.6 is 0 Å². The topological polar surface area (TPSA) is 68.0 Å². The van der Waals surface area contributed by atoms with E-state index in [-0.39, 0.29) is 11.9 Å². The van der Waals surface area contributed by atoms with Crippen molar-refractivity contribution in [3.63, 3.8) is 0 Å². The van der Waals surface area contributed by atoms with Gasteiger partial charge in [-0.05, 0) is 36.8 Å². The van der Waals surface area contributed by atoms with Crippen molar-refractivity contribution in [1.29, 1.82) is 0 Å². The van der Waals surface area contributed by atoms with Gasteiger partial charge in [0.1, 0.15) is 5.69 Å². The van der Waals surface area contributed by atoms with Crippen LogP contribution in [0.2, 0.25) is 0 Å². The summed E-state index contributed by atoms with van der Waals surface area (Å²) in [5.41, 5.74) is 6.85. The van der Waals surface area contributed by atoms with Crippen molar-refractivity contribution in [2.45, 2.75) is 39.2 Å². The van der Waals surface area contributed by atoms with Gasteiger partial charge in [0.05, 0.1) is 6.54 Å². The van der Waals surface area contributed by atoms with E-state index in [0.717, 1.165) is 24.8 Å². The highest BCUT2D eigenvalue weighted by Crippen LogP contribution is 2.36. The zero-order valence-corrected chi connectivity index (χ0v) is 12.1. The Bertz CT molecular complexity index is 537. The van der Waals surface area contributed by atoms with E-state index in [1.807, 2.05) is 0 Å². The molecule has 0 aromatic carbocycles. The molecule has 0 radical (unpaired) electrons. The van der Waals surface area contributed by atoms with E-state index in [1.54, 1.807) is 18.3 Å². The zero-order valence-electron chi connectivity index (χ0n) is 12.1. The first-order chi connectivity index (χ1) is 9.50. The summed E-state index contributed by atoms with van der Waals surface area (Å²) in [5, 5.41) is 3.06. The van der Waals surface area contributed by atoms with Crippen molar-refractivity contribution in [3.8, 4) is 11.8 Å². The molecule has 0 saturated heterocycles. The number of nitrogens with two attached hydrogens (primary N) is 1. The van der Waals surface area contributed by atoms with E-state index in [1.165, 1.54) is 0 Å². The second-order valence-electron chi connectivity index (χ2n) is 6.02. The van der Waals surface area contributed by atoms with Gasteiger partial charge in [0, 0.05) is 17.8 Å². The molecule has 1 unspecified atom stereocenters. The van der Waals surface area contributed by atoms with Crippen molar-refractivity contribution in [2.75, 3.05) is 6.54 Å². The van der Waals surface area contributed by atoms with Gasteiger partial charge in [-0.1, -0.05) is 25.7 Å². The number of nitrogens with zero attached hydrogens (tertiary/aromatic N) is 1. The molecule has 20 heavy (non-hydrogen) atoms. The smallest absolute Gasteiger partial charge is 0.270 e. The lowest BCUT2D eigenvalue weighted by molar-refractivity contribution is 0.0931. The van der Waals surface area contributed by atoms with E-state index < -0.39 is 0 Å². The summed E-state index contributed by atoms with van der Waals surface area (Å²) in [4.78, 5) is 16.3. The second kappa shape index (κ2) is 6.06. The number of aromatic nitrogens is 1. The molecule has 106 valence electrons. The van der Waals surface area contributed by atoms with E-state index >= 15 is 0 Å². The van der Waals surface area contributed by atoms with Crippen LogP contribution in [0.4, 0.5) is 0 Å². The number of amides is 1. The molecule has 4 heteroatoms. The average Bonchev–Trinajstić information content (AvgIpc) is 2.76. The van der Waals surface area contributed by atoms with Crippen molar-refractivity contribution < 1.29 is 4.79 Å². The molecule has 0 bridgehead atoms. The van der Waals surface area contributed by atoms with E-state index in [0.29, 0.717) is 17.7 Å². The first-order valence-electron chi connectivity index (χ1n) is 6.96. The lowest BCUT2D eigenvalue weighted by Gasteiger charge is -2.17. The van der Waals surface area contributed by atoms with Crippen LogP contribution in [0, 0.1) is 17.3 Å². The van der Waals surface area contributed by atoms with E-state index in [9.17, 15) is 4.79 Å². The van der Waals surface area contributed by atoms with Crippen LogP contribution in [0.25, 0.3) is 0 Å². The minimum atomic E-state index is -0.106. The van der Waals surface area contributed by atoms with Gasteiger partial charge in [0.25, 0.3) is 5.91 Å². The maximum Gasteiger partial charge on any atom is 0.270 e. The predicted octanol–water partition coefficient (Wildman–Crippen LogP) is 1.70. The molecule has 1 amide bonds. The van der Waals surface area contributed by atoms with Gasteiger partial charge in [-0.2, -0.15) is 0 Å². The summed E-state index contributed by atoms with van der Waals surface area (Å²) in [6.07, 6.45) is 4.83. The SMILES string of the molecule is CC1(C)CCC(NC(=O)c2ccc(C#CCN)cn2)C1. The fourth-order valence-electron chi connectivity index (χ4n) is 2.57. The minimum Gasteiger partial charge on any atom is -0.348 e. The molecular formula is C16H21N3O. The average molecular weight is 271 g/mol. The van der Waals surface area contributed by atoms with Crippen LogP contribution in [-0.2, 0) is 0 Å². The summed E-state index contributed by atoms with van der Waals surface area (Å²) in [7, 11) is 0. The predicted molar refractivity (Wildman–Crippen MR) is 79.1 cm³/mol. The Kier molecular flexibility index (Phi) is 4.41. The minimum absolute atomic E-state index is 0.106. The summed E-state index contributed by atoms with van der Waals surface area (Å²) in [6.45, 7) is 4.80. The van der Waals surface area contributed by atoms with Crippen LogP contribution in [-0.4, -0.2) is 23.5 Å². The molecule has 1 aliphatic carbocycles. The van der Waals surface area contributed by atoms with Crippen LogP contribution in [0.1, 0.15) is 49.2 Å². The molecule has 3 N–H and O–H groups in total. The number of carbonyl (C=O) groups excluding carboxylic acids is 1. The third-order valence-corrected chi connectivity index (χ3v) is 3.63. The molecule has 1 atom stereocenters. The molecule has 1 saturated carbocycles. The molecule has 4 nitrogen and oxygen atoms in total. The Hall–Kier alpha value is -1.86. The number of nitrogens with one attached hydrogen (secondary N) is 1. The van der Waals surface area contributed by atoms with Crippen molar-refractivity contribution in [2.24, 2.45) is 11.1 Å². The first kappa shape index (κ1) is 14.5. The Balaban J connectivity index is 1.96. The summed E-state index contributed by atoms with van der Waals surface area (Å²) in [5.74, 6) is 5.54. The number of hydrogen-bond acceptors (Lipinski definition) is 3. The van der Waals surface area contributed by atoms with Crippen LogP contribution in [0.5, 0.6) is 0 Å². The largest absolute Gasteiger partial charge is 0.348 e. The normalized spacial score (nSPS) is 20.1. The fourth-order valence-corrected chi connectivity index (χ4v) is 2.57. The number of pyridine rings is 1. The molecule has 0 spiro atoms. The Morgan fingerprint density at radius 1 is 1.55 bits per heavy atom. The standard InChI is InChI=1S/C16H21N3O/c1-16(2)8-7-13(10-16)19-15(20)14-6-5-12(11-18-14)4-3-9-17/h5-6,11,13H,7-10,17H2,1-2H3,(H,19,20). The maximum atomic E-state index is 12.1. The Morgan fingerprint density at radius 3 is 2.90 bits per heavy atom. The van der Waals surface area contributed by atoms with E-state index in [4.69, 9.17) is 5.73 Å². The third-order valence-electron chi connectivity index (χ3n) is 3.63. The molecule has 2 rings (SSSR count). The van der Waals surface area contributed by atoms with Crippen molar-refractivity contribution in [3.05, 3.63) is 29.6 Å². The molecule has 1 aromatic rings. The highest BCUT2D eigenvalue weighted by atomic mass is 16.1. The number of hydrogen-bond donors (Lipinski definition) is 2.